The number of rotatable bonds is 1. The van der Waals surface area contributed by atoms with Crippen LogP contribution in [-0.4, -0.2) is 24.3 Å². The molecule has 0 bridgehead atoms. The maximum atomic E-state index is 9.15. The van der Waals surface area contributed by atoms with E-state index in [1.807, 2.05) is 6.92 Å². The highest BCUT2D eigenvalue weighted by molar-refractivity contribution is 5.85. The first-order valence-electron chi connectivity index (χ1n) is 3.69. The molecule has 62 valence electrons. The maximum Gasteiger partial charge on any atom is 0.0541 e. The van der Waals surface area contributed by atoms with Crippen LogP contribution in [0.4, 0.5) is 0 Å². The predicted molar refractivity (Wildman–Crippen MR) is 44.5 cm³/mol. The molecule has 0 amide bonds. The second kappa shape index (κ2) is 4.94. The van der Waals surface area contributed by atoms with Crippen molar-refractivity contribution < 1.29 is 5.11 Å². The summed E-state index contributed by atoms with van der Waals surface area (Å²) in [6.45, 7) is 4.04. The smallest absolute Gasteiger partial charge is 0.0541 e. The summed E-state index contributed by atoms with van der Waals surface area (Å²) in [6, 6.07) is 0. The molecule has 0 saturated carbocycles. The van der Waals surface area contributed by atoms with Crippen molar-refractivity contribution in [3.05, 3.63) is 0 Å². The van der Waals surface area contributed by atoms with Crippen molar-refractivity contribution >= 4 is 12.4 Å². The lowest BCUT2D eigenvalue weighted by molar-refractivity contribution is 0.105. The Morgan fingerprint density at radius 2 is 1.90 bits per heavy atom. The van der Waals surface area contributed by atoms with Crippen molar-refractivity contribution in [1.82, 2.24) is 5.32 Å². The van der Waals surface area contributed by atoms with E-state index < -0.39 is 0 Å². The third kappa shape index (κ3) is 2.86. The first-order valence-corrected chi connectivity index (χ1v) is 3.69. The first kappa shape index (κ1) is 10.2. The number of halogens is 1. The Labute approximate surface area is 68.4 Å². The van der Waals surface area contributed by atoms with Gasteiger partial charge >= 0.3 is 0 Å². The van der Waals surface area contributed by atoms with Gasteiger partial charge in [-0.05, 0) is 38.8 Å². The second-order valence-electron chi connectivity index (χ2n) is 2.83. The summed E-state index contributed by atoms with van der Waals surface area (Å²) in [5.41, 5.74) is 0. The van der Waals surface area contributed by atoms with Gasteiger partial charge in [-0.15, -0.1) is 12.4 Å². The van der Waals surface area contributed by atoms with Gasteiger partial charge in [0, 0.05) is 0 Å². The van der Waals surface area contributed by atoms with Crippen LogP contribution in [0.1, 0.15) is 19.8 Å². The SMILES string of the molecule is CC(O)C1CCNCC1.Cl. The Bertz CT molecular complexity index is 81.7. The Balaban J connectivity index is 0.000000810. The molecule has 1 unspecified atom stereocenters. The molecule has 1 aliphatic heterocycles. The minimum atomic E-state index is -0.105. The van der Waals surface area contributed by atoms with Crippen LogP contribution in [0.3, 0.4) is 0 Å². The molecule has 1 aliphatic rings. The zero-order valence-electron chi connectivity index (χ0n) is 6.34. The summed E-state index contributed by atoms with van der Waals surface area (Å²) < 4.78 is 0. The normalized spacial score (nSPS) is 23.4. The van der Waals surface area contributed by atoms with Crippen molar-refractivity contribution in [2.45, 2.75) is 25.9 Å². The molecule has 0 aromatic carbocycles. The average molecular weight is 166 g/mol. The molecule has 0 aromatic heterocycles. The Kier molecular flexibility index (Phi) is 5.04. The van der Waals surface area contributed by atoms with E-state index in [1.165, 1.54) is 0 Å². The van der Waals surface area contributed by atoms with Gasteiger partial charge in [-0.1, -0.05) is 0 Å². The fraction of sp³-hybridized carbons (Fsp3) is 1.00. The molecule has 2 N–H and O–H groups in total. The molecule has 1 heterocycles. The summed E-state index contributed by atoms with van der Waals surface area (Å²) in [5, 5.41) is 12.4. The van der Waals surface area contributed by atoms with E-state index in [-0.39, 0.29) is 18.5 Å². The van der Waals surface area contributed by atoms with Gasteiger partial charge in [0.1, 0.15) is 0 Å². The van der Waals surface area contributed by atoms with Gasteiger partial charge in [-0.25, -0.2) is 0 Å². The average Bonchev–Trinajstić information content (AvgIpc) is 1.90. The third-order valence-corrected chi connectivity index (χ3v) is 2.07. The molecule has 0 aromatic rings. The number of hydrogen-bond donors (Lipinski definition) is 2. The van der Waals surface area contributed by atoms with Gasteiger partial charge in [0.15, 0.2) is 0 Å². The van der Waals surface area contributed by atoms with Crippen LogP contribution in [0, 0.1) is 5.92 Å². The van der Waals surface area contributed by atoms with Crippen molar-refractivity contribution in [1.29, 1.82) is 0 Å². The van der Waals surface area contributed by atoms with Crippen molar-refractivity contribution in [3.8, 4) is 0 Å². The molecule has 1 atom stereocenters. The number of piperidine rings is 1. The monoisotopic (exact) mass is 165 g/mol. The van der Waals surface area contributed by atoms with Gasteiger partial charge in [0.25, 0.3) is 0 Å². The third-order valence-electron chi connectivity index (χ3n) is 2.07. The molecule has 1 rings (SSSR count). The van der Waals surface area contributed by atoms with Crippen LogP contribution in [0.15, 0.2) is 0 Å². The summed E-state index contributed by atoms with van der Waals surface area (Å²) >= 11 is 0. The summed E-state index contributed by atoms with van der Waals surface area (Å²) in [4.78, 5) is 0. The van der Waals surface area contributed by atoms with Gasteiger partial charge in [-0.3, -0.25) is 0 Å². The number of nitrogens with one attached hydrogen (secondary N) is 1. The van der Waals surface area contributed by atoms with E-state index in [2.05, 4.69) is 5.32 Å². The Morgan fingerprint density at radius 1 is 1.40 bits per heavy atom. The largest absolute Gasteiger partial charge is 0.393 e. The summed E-state index contributed by atoms with van der Waals surface area (Å²) in [7, 11) is 0. The lowest BCUT2D eigenvalue weighted by Gasteiger charge is -2.24. The fourth-order valence-corrected chi connectivity index (χ4v) is 1.33. The zero-order chi connectivity index (χ0) is 6.69. The van der Waals surface area contributed by atoms with Crippen LogP contribution in [0.25, 0.3) is 0 Å². The van der Waals surface area contributed by atoms with Crippen LogP contribution in [-0.2, 0) is 0 Å². The van der Waals surface area contributed by atoms with E-state index in [4.69, 9.17) is 5.11 Å². The molecule has 0 spiro atoms. The minimum Gasteiger partial charge on any atom is -0.393 e. The summed E-state index contributed by atoms with van der Waals surface area (Å²) in [5.74, 6) is 0.547. The Morgan fingerprint density at radius 3 is 2.20 bits per heavy atom. The summed E-state index contributed by atoms with van der Waals surface area (Å²) in [6.07, 6.45) is 2.17. The molecular weight excluding hydrogens is 150 g/mol. The Hall–Kier alpha value is 0.210. The van der Waals surface area contributed by atoms with E-state index >= 15 is 0 Å². The number of hydrogen-bond acceptors (Lipinski definition) is 2. The minimum absolute atomic E-state index is 0. The van der Waals surface area contributed by atoms with Crippen LogP contribution in [0.2, 0.25) is 0 Å². The lowest BCUT2D eigenvalue weighted by atomic mass is 9.93. The van der Waals surface area contributed by atoms with Crippen molar-refractivity contribution in [2.24, 2.45) is 5.92 Å². The quantitative estimate of drug-likeness (QED) is 0.602. The van der Waals surface area contributed by atoms with Gasteiger partial charge < -0.3 is 10.4 Å². The standard InChI is InChI=1S/C7H15NO.ClH/c1-6(9)7-2-4-8-5-3-7;/h6-9H,2-5H2,1H3;1H. The number of aliphatic hydroxyl groups is 1. The van der Waals surface area contributed by atoms with Gasteiger partial charge in [0.2, 0.25) is 0 Å². The molecular formula is C7H16ClNO. The van der Waals surface area contributed by atoms with Crippen LogP contribution in [0.5, 0.6) is 0 Å². The molecule has 10 heavy (non-hydrogen) atoms. The second-order valence-corrected chi connectivity index (χ2v) is 2.83. The van der Waals surface area contributed by atoms with Gasteiger partial charge in [-0.2, -0.15) is 0 Å². The van der Waals surface area contributed by atoms with Crippen LogP contribution < -0.4 is 5.32 Å². The topological polar surface area (TPSA) is 32.3 Å². The molecule has 0 aliphatic carbocycles. The highest BCUT2D eigenvalue weighted by Gasteiger charge is 2.16. The van der Waals surface area contributed by atoms with Crippen LogP contribution >= 0.6 is 12.4 Å². The molecule has 1 fully saturated rings. The lowest BCUT2D eigenvalue weighted by Crippen LogP contribution is -2.32. The molecule has 0 radical (unpaired) electrons. The highest BCUT2D eigenvalue weighted by atomic mass is 35.5. The predicted octanol–water partition coefficient (Wildman–Crippen LogP) is 0.789. The van der Waals surface area contributed by atoms with E-state index in [0.29, 0.717) is 5.92 Å². The maximum absolute atomic E-state index is 9.15. The fourth-order valence-electron chi connectivity index (χ4n) is 1.33. The first-order chi connectivity index (χ1) is 4.30. The van der Waals surface area contributed by atoms with E-state index in [0.717, 1.165) is 25.9 Å². The van der Waals surface area contributed by atoms with Crippen molar-refractivity contribution in [2.75, 3.05) is 13.1 Å². The van der Waals surface area contributed by atoms with E-state index in [9.17, 15) is 0 Å². The zero-order valence-corrected chi connectivity index (χ0v) is 7.16. The highest BCUT2D eigenvalue weighted by Crippen LogP contribution is 2.14. The van der Waals surface area contributed by atoms with Gasteiger partial charge in [0.05, 0.1) is 6.10 Å². The molecule has 1 saturated heterocycles. The van der Waals surface area contributed by atoms with E-state index in [1.54, 1.807) is 0 Å². The molecule has 3 heteroatoms. The molecule has 2 nitrogen and oxygen atoms in total. The van der Waals surface area contributed by atoms with Crippen molar-refractivity contribution in [3.63, 3.8) is 0 Å². The number of aliphatic hydroxyl groups excluding tert-OH is 1.